The minimum Gasteiger partial charge on any atom is -0.317 e. The van der Waals surface area contributed by atoms with Gasteiger partial charge < -0.3 is 5.32 Å². The molecule has 120 valence electrons. The van der Waals surface area contributed by atoms with Crippen LogP contribution in [0.3, 0.4) is 0 Å². The second-order valence-corrected chi connectivity index (χ2v) is 8.06. The molecule has 21 heavy (non-hydrogen) atoms. The Morgan fingerprint density at radius 3 is 3.00 bits per heavy atom. The number of hydrogen-bond acceptors (Lipinski definition) is 4. The number of nitrogens with zero attached hydrogens (tertiary/aromatic N) is 1. The van der Waals surface area contributed by atoms with Crippen molar-refractivity contribution in [2.75, 3.05) is 26.2 Å². The van der Waals surface area contributed by atoms with Crippen molar-refractivity contribution in [1.29, 1.82) is 0 Å². The zero-order chi connectivity index (χ0) is 15.3. The largest absolute Gasteiger partial charge is 0.317 e. The molecule has 2 heterocycles. The average molecular weight is 332 g/mol. The van der Waals surface area contributed by atoms with Gasteiger partial charge in [0.15, 0.2) is 0 Å². The van der Waals surface area contributed by atoms with Gasteiger partial charge in [-0.3, -0.25) is 0 Å². The van der Waals surface area contributed by atoms with E-state index in [1.165, 1.54) is 0 Å². The maximum Gasteiger partial charge on any atom is 0.280 e. The van der Waals surface area contributed by atoms with Gasteiger partial charge in [-0.1, -0.05) is 6.92 Å². The van der Waals surface area contributed by atoms with Crippen molar-refractivity contribution in [1.82, 2.24) is 14.3 Å². The minimum absolute atomic E-state index is 0.185. The van der Waals surface area contributed by atoms with Gasteiger partial charge in [0.1, 0.15) is 0 Å². The molecule has 0 aromatic carbocycles. The van der Waals surface area contributed by atoms with Crippen molar-refractivity contribution in [2.45, 2.75) is 32.7 Å². The first-order valence-corrected chi connectivity index (χ1v) is 9.91. The van der Waals surface area contributed by atoms with Gasteiger partial charge in [-0.15, -0.1) is 0 Å². The molecule has 0 aliphatic carbocycles. The quantitative estimate of drug-likeness (QED) is 0.803. The number of nitrogens with one attached hydrogen (secondary N) is 2. The molecular weight excluding hydrogens is 306 g/mol. The smallest absolute Gasteiger partial charge is 0.280 e. The molecule has 0 saturated carbocycles. The predicted octanol–water partition coefficient (Wildman–Crippen LogP) is 1.96. The number of piperidine rings is 1. The molecule has 7 heteroatoms. The van der Waals surface area contributed by atoms with E-state index in [0.717, 1.165) is 31.5 Å². The van der Waals surface area contributed by atoms with Crippen molar-refractivity contribution in [3.8, 4) is 0 Å². The zero-order valence-corrected chi connectivity index (χ0v) is 14.3. The normalized spacial score (nSPS) is 22.3. The Balaban J connectivity index is 1.95. The highest BCUT2D eigenvalue weighted by atomic mass is 32.2. The molecule has 1 aromatic rings. The Morgan fingerprint density at radius 1 is 1.52 bits per heavy atom. The Hall–Kier alpha value is -0.470. The molecule has 0 spiro atoms. The Labute approximate surface area is 131 Å². The fraction of sp³-hybridized carbons (Fsp3) is 0.714. The molecule has 0 amide bonds. The van der Waals surface area contributed by atoms with Crippen LogP contribution in [0.5, 0.6) is 0 Å². The molecule has 0 radical (unpaired) electrons. The minimum atomic E-state index is -3.41. The molecular formula is C14H25N3O2S2. The summed E-state index contributed by atoms with van der Waals surface area (Å²) in [5.74, 6) is 0.409. The summed E-state index contributed by atoms with van der Waals surface area (Å²) in [6, 6.07) is 1.78. The summed E-state index contributed by atoms with van der Waals surface area (Å²) in [5.41, 5.74) is 1.02. The van der Waals surface area contributed by atoms with Crippen LogP contribution < -0.4 is 10.0 Å². The number of thiophene rings is 1. The van der Waals surface area contributed by atoms with Crippen LogP contribution in [0.25, 0.3) is 0 Å². The summed E-state index contributed by atoms with van der Waals surface area (Å²) >= 11 is 1.58. The van der Waals surface area contributed by atoms with Gasteiger partial charge in [-0.05, 0) is 61.2 Å². The highest BCUT2D eigenvalue weighted by Gasteiger charge is 2.29. The van der Waals surface area contributed by atoms with Crippen LogP contribution in [-0.4, -0.2) is 38.9 Å². The van der Waals surface area contributed by atoms with Crippen LogP contribution in [0.4, 0.5) is 0 Å². The SMILES string of the molecule is CCNCC1CCCN(S(=O)(=O)NC(C)c2ccsc2)C1. The summed E-state index contributed by atoms with van der Waals surface area (Å²) in [7, 11) is -3.41. The van der Waals surface area contributed by atoms with E-state index in [9.17, 15) is 8.42 Å². The van der Waals surface area contributed by atoms with Gasteiger partial charge in [0.25, 0.3) is 10.2 Å². The molecule has 1 aliphatic heterocycles. The van der Waals surface area contributed by atoms with Crippen molar-refractivity contribution >= 4 is 21.5 Å². The van der Waals surface area contributed by atoms with Crippen LogP contribution in [-0.2, 0) is 10.2 Å². The van der Waals surface area contributed by atoms with E-state index in [2.05, 4.69) is 17.0 Å². The van der Waals surface area contributed by atoms with Crippen LogP contribution in [0.1, 0.15) is 38.3 Å². The molecule has 2 rings (SSSR count). The van der Waals surface area contributed by atoms with Crippen LogP contribution in [0.15, 0.2) is 16.8 Å². The third-order valence-electron chi connectivity index (χ3n) is 3.87. The molecule has 1 saturated heterocycles. The van der Waals surface area contributed by atoms with Crippen LogP contribution >= 0.6 is 11.3 Å². The van der Waals surface area contributed by atoms with E-state index in [1.807, 2.05) is 23.8 Å². The fourth-order valence-electron chi connectivity index (χ4n) is 2.65. The maximum atomic E-state index is 12.5. The summed E-state index contributed by atoms with van der Waals surface area (Å²) in [6.07, 6.45) is 2.03. The first-order valence-electron chi connectivity index (χ1n) is 7.53. The van der Waals surface area contributed by atoms with Crippen molar-refractivity contribution in [3.05, 3.63) is 22.4 Å². The molecule has 2 N–H and O–H groups in total. The van der Waals surface area contributed by atoms with Crippen LogP contribution in [0.2, 0.25) is 0 Å². The van der Waals surface area contributed by atoms with Crippen LogP contribution in [0, 0.1) is 5.92 Å². The van der Waals surface area contributed by atoms with E-state index >= 15 is 0 Å². The summed E-state index contributed by atoms with van der Waals surface area (Å²) in [6.45, 7) is 7.01. The maximum absolute atomic E-state index is 12.5. The molecule has 5 nitrogen and oxygen atoms in total. The van der Waals surface area contributed by atoms with Crippen molar-refractivity contribution in [2.24, 2.45) is 5.92 Å². The summed E-state index contributed by atoms with van der Waals surface area (Å²) in [5, 5.41) is 7.26. The van der Waals surface area contributed by atoms with Gasteiger partial charge in [0.2, 0.25) is 0 Å². The second kappa shape index (κ2) is 7.69. The van der Waals surface area contributed by atoms with Gasteiger partial charge in [-0.25, -0.2) is 0 Å². The Kier molecular flexibility index (Phi) is 6.19. The van der Waals surface area contributed by atoms with E-state index in [4.69, 9.17) is 0 Å². The zero-order valence-electron chi connectivity index (χ0n) is 12.7. The molecule has 1 aliphatic rings. The fourth-order valence-corrected chi connectivity index (χ4v) is 4.91. The lowest BCUT2D eigenvalue weighted by atomic mass is 10.00. The van der Waals surface area contributed by atoms with Crippen molar-refractivity contribution < 1.29 is 8.42 Å². The Bertz CT molecular complexity index is 516. The van der Waals surface area contributed by atoms with Gasteiger partial charge >= 0.3 is 0 Å². The van der Waals surface area contributed by atoms with E-state index in [1.54, 1.807) is 15.6 Å². The summed E-state index contributed by atoms with van der Waals surface area (Å²) < 4.78 is 29.4. The molecule has 1 aromatic heterocycles. The third kappa shape index (κ3) is 4.75. The highest BCUT2D eigenvalue weighted by Crippen LogP contribution is 2.21. The second-order valence-electron chi connectivity index (χ2n) is 5.58. The van der Waals surface area contributed by atoms with E-state index in [0.29, 0.717) is 19.0 Å². The molecule has 2 atom stereocenters. The van der Waals surface area contributed by atoms with Gasteiger partial charge in [-0.2, -0.15) is 28.8 Å². The number of hydrogen-bond donors (Lipinski definition) is 2. The topological polar surface area (TPSA) is 61.4 Å². The summed E-state index contributed by atoms with van der Waals surface area (Å²) in [4.78, 5) is 0. The lowest BCUT2D eigenvalue weighted by molar-refractivity contribution is 0.258. The number of rotatable bonds is 7. The third-order valence-corrected chi connectivity index (χ3v) is 6.24. The lowest BCUT2D eigenvalue weighted by Crippen LogP contribution is -2.48. The van der Waals surface area contributed by atoms with Crippen molar-refractivity contribution in [3.63, 3.8) is 0 Å². The Morgan fingerprint density at radius 2 is 2.33 bits per heavy atom. The van der Waals surface area contributed by atoms with Gasteiger partial charge in [0.05, 0.1) is 0 Å². The van der Waals surface area contributed by atoms with E-state index < -0.39 is 10.2 Å². The molecule has 1 fully saturated rings. The first kappa shape index (κ1) is 16.9. The first-order chi connectivity index (χ1) is 10.0. The van der Waals surface area contributed by atoms with Gasteiger partial charge in [0, 0.05) is 19.1 Å². The molecule has 0 bridgehead atoms. The lowest BCUT2D eigenvalue weighted by Gasteiger charge is -2.32. The predicted molar refractivity (Wildman–Crippen MR) is 87.6 cm³/mol. The monoisotopic (exact) mass is 331 g/mol. The average Bonchev–Trinajstić information content (AvgIpc) is 2.99. The van der Waals surface area contributed by atoms with E-state index in [-0.39, 0.29) is 6.04 Å². The molecule has 2 unspecified atom stereocenters. The standard InChI is InChI=1S/C14H25N3O2S2/c1-3-15-9-13-5-4-7-17(10-13)21(18,19)16-12(2)14-6-8-20-11-14/h6,8,11-13,15-16H,3-5,7,9-10H2,1-2H3. The highest BCUT2D eigenvalue weighted by molar-refractivity contribution is 7.87.